The van der Waals surface area contributed by atoms with Crippen LogP contribution in [-0.4, -0.2) is 14.5 Å². The van der Waals surface area contributed by atoms with Gasteiger partial charge in [-0.25, -0.2) is 14.4 Å². The van der Waals surface area contributed by atoms with Crippen molar-refractivity contribution in [2.24, 2.45) is 0 Å². The first-order valence-electron chi connectivity index (χ1n) is 18.2. The minimum Gasteiger partial charge on any atom is -0.454 e. The summed E-state index contributed by atoms with van der Waals surface area (Å²) in [6, 6.07) is 45.0. The standard InChI is InChI=1S/C48H28FN3OS/c49-30-22-17-28(18-23-30)43-44(51-48-45(50-43)36-14-6-8-16-39(36)54-48)29-19-24-31(25-20-29)52-37-15-7-5-13-35(37)40-33-11-3-4-12-34(33)42-41-32-10-2-1-9-27(32)21-26-38(41)53-47(42)46(40)52/h1-3,5-11,13-26H,4,12H2. The Morgan fingerprint density at radius 1 is 0.648 bits per heavy atom. The molecule has 0 saturated carbocycles. The number of hydrogen-bond donors (Lipinski definition) is 0. The summed E-state index contributed by atoms with van der Waals surface area (Å²) in [5.41, 5.74) is 11.8. The van der Waals surface area contributed by atoms with Gasteiger partial charge in [-0.3, -0.25) is 0 Å². The topological polar surface area (TPSA) is 43.9 Å². The minimum absolute atomic E-state index is 0.283. The third-order valence-electron chi connectivity index (χ3n) is 11.1. The quantitative estimate of drug-likeness (QED) is 0.183. The van der Waals surface area contributed by atoms with Crippen LogP contribution in [0.1, 0.15) is 17.5 Å². The number of benzene rings is 7. The number of fused-ring (bicyclic) bond motifs is 15. The molecule has 0 bridgehead atoms. The maximum absolute atomic E-state index is 14.1. The fraction of sp³-hybridized carbons (Fsp3) is 0.0417. The van der Waals surface area contributed by atoms with E-state index >= 15 is 0 Å². The van der Waals surface area contributed by atoms with E-state index < -0.39 is 0 Å². The number of aromatic nitrogens is 3. The monoisotopic (exact) mass is 713 g/mol. The maximum atomic E-state index is 14.1. The first kappa shape index (κ1) is 29.9. The Labute approximate surface area is 312 Å². The fourth-order valence-corrected chi connectivity index (χ4v) is 9.80. The minimum atomic E-state index is -0.283. The van der Waals surface area contributed by atoms with Crippen molar-refractivity contribution in [1.82, 2.24) is 14.5 Å². The summed E-state index contributed by atoms with van der Waals surface area (Å²) >= 11 is 1.64. The van der Waals surface area contributed by atoms with Gasteiger partial charge in [0.2, 0.25) is 0 Å². The Hall–Kier alpha value is -6.63. The molecule has 0 radical (unpaired) electrons. The Morgan fingerprint density at radius 2 is 1.37 bits per heavy atom. The molecule has 1 aliphatic rings. The number of halogens is 1. The Morgan fingerprint density at radius 3 is 2.22 bits per heavy atom. The van der Waals surface area contributed by atoms with Gasteiger partial charge in [0.1, 0.15) is 21.7 Å². The number of thiophene rings is 1. The molecule has 0 amide bonds. The molecule has 12 rings (SSSR count). The Kier molecular flexibility index (Phi) is 6.19. The van der Waals surface area contributed by atoms with Gasteiger partial charge in [-0.2, -0.15) is 0 Å². The van der Waals surface area contributed by atoms with Gasteiger partial charge in [-0.1, -0.05) is 91.0 Å². The van der Waals surface area contributed by atoms with E-state index in [-0.39, 0.29) is 5.82 Å². The van der Waals surface area contributed by atoms with Crippen LogP contribution in [0, 0.1) is 5.82 Å². The summed E-state index contributed by atoms with van der Waals surface area (Å²) in [6.45, 7) is 0. The number of allylic oxidation sites excluding steroid dienone is 1. The van der Waals surface area contributed by atoms with Crippen molar-refractivity contribution in [2.45, 2.75) is 12.8 Å². The summed E-state index contributed by atoms with van der Waals surface area (Å²) in [7, 11) is 0. The van der Waals surface area contributed by atoms with Crippen LogP contribution in [0.2, 0.25) is 0 Å². The first-order chi connectivity index (χ1) is 26.7. The van der Waals surface area contributed by atoms with E-state index in [1.54, 1.807) is 23.5 Å². The average Bonchev–Trinajstić information content (AvgIpc) is 3.91. The fourth-order valence-electron chi connectivity index (χ4n) is 8.78. The van der Waals surface area contributed by atoms with Crippen molar-refractivity contribution in [3.05, 3.63) is 156 Å². The van der Waals surface area contributed by atoms with Crippen molar-refractivity contribution in [3.63, 3.8) is 0 Å². The number of rotatable bonds is 3. The summed E-state index contributed by atoms with van der Waals surface area (Å²) in [6.07, 6.45) is 6.60. The van der Waals surface area contributed by atoms with E-state index in [2.05, 4.69) is 114 Å². The Balaban J connectivity index is 1.13. The normalized spacial score (nSPS) is 13.1. The van der Waals surface area contributed by atoms with Crippen LogP contribution in [-0.2, 0) is 6.42 Å². The molecule has 4 heterocycles. The predicted molar refractivity (Wildman–Crippen MR) is 222 cm³/mol. The van der Waals surface area contributed by atoms with Crippen molar-refractivity contribution in [1.29, 1.82) is 0 Å². The number of aryl methyl sites for hydroxylation is 1. The molecular weight excluding hydrogens is 686 g/mol. The zero-order chi connectivity index (χ0) is 35.5. The molecule has 0 atom stereocenters. The summed E-state index contributed by atoms with van der Waals surface area (Å²) < 4.78 is 24.6. The van der Waals surface area contributed by atoms with Gasteiger partial charge in [0.25, 0.3) is 0 Å². The highest BCUT2D eigenvalue weighted by Crippen LogP contribution is 2.48. The van der Waals surface area contributed by atoms with Crippen LogP contribution in [0.3, 0.4) is 0 Å². The predicted octanol–water partition coefficient (Wildman–Crippen LogP) is 13.4. The van der Waals surface area contributed by atoms with Crippen LogP contribution in [0.25, 0.3) is 109 Å². The largest absolute Gasteiger partial charge is 0.454 e. The molecule has 0 N–H and O–H groups in total. The van der Waals surface area contributed by atoms with Gasteiger partial charge in [0.15, 0.2) is 5.58 Å². The van der Waals surface area contributed by atoms with Crippen LogP contribution in [0.5, 0.6) is 0 Å². The number of furan rings is 1. The van der Waals surface area contributed by atoms with E-state index in [4.69, 9.17) is 14.4 Å². The molecule has 11 aromatic rings. The summed E-state index contributed by atoms with van der Waals surface area (Å²) in [5, 5.41) is 8.31. The van der Waals surface area contributed by atoms with E-state index in [1.165, 1.54) is 55.6 Å². The first-order valence-corrected chi connectivity index (χ1v) is 19.1. The summed E-state index contributed by atoms with van der Waals surface area (Å²) in [4.78, 5) is 11.3. The molecule has 4 nitrogen and oxygen atoms in total. The molecular formula is C48H28FN3OS. The molecule has 0 unspecified atom stereocenters. The molecule has 4 aromatic heterocycles. The van der Waals surface area contributed by atoms with Crippen molar-refractivity contribution >= 4 is 92.4 Å². The van der Waals surface area contributed by atoms with E-state index in [0.29, 0.717) is 0 Å². The molecule has 0 fully saturated rings. The van der Waals surface area contributed by atoms with Crippen LogP contribution >= 0.6 is 11.3 Å². The van der Waals surface area contributed by atoms with E-state index in [9.17, 15) is 4.39 Å². The number of para-hydroxylation sites is 1. The maximum Gasteiger partial charge on any atom is 0.160 e. The summed E-state index contributed by atoms with van der Waals surface area (Å²) in [5.74, 6) is -0.283. The third-order valence-corrected chi connectivity index (χ3v) is 12.2. The highest BCUT2D eigenvalue weighted by Gasteiger charge is 2.27. The molecule has 1 aliphatic carbocycles. The van der Waals surface area contributed by atoms with Gasteiger partial charge in [0.05, 0.1) is 22.4 Å². The second-order valence-corrected chi connectivity index (χ2v) is 15.1. The average molecular weight is 714 g/mol. The number of hydrogen-bond acceptors (Lipinski definition) is 4. The van der Waals surface area contributed by atoms with Gasteiger partial charge < -0.3 is 8.98 Å². The van der Waals surface area contributed by atoms with Gasteiger partial charge in [-0.15, -0.1) is 11.3 Å². The smallest absolute Gasteiger partial charge is 0.160 e. The lowest BCUT2D eigenvalue weighted by Crippen LogP contribution is -1.99. The third kappa shape index (κ3) is 4.17. The highest BCUT2D eigenvalue weighted by atomic mass is 32.1. The Bertz CT molecular complexity index is 3390. The zero-order valence-corrected chi connectivity index (χ0v) is 29.6. The van der Waals surface area contributed by atoms with Crippen molar-refractivity contribution in [2.75, 3.05) is 0 Å². The lowest BCUT2D eigenvalue weighted by Gasteiger charge is -2.16. The lowest BCUT2D eigenvalue weighted by molar-refractivity contribution is 0.628. The second kappa shape index (κ2) is 11.2. The molecule has 0 saturated heterocycles. The highest BCUT2D eigenvalue weighted by molar-refractivity contribution is 7.25. The second-order valence-electron chi connectivity index (χ2n) is 14.1. The SMILES string of the molecule is Fc1ccc(-c2nc3c(nc2-c2ccc(-n4c5ccccc5c5c6c(c7c(oc8ccc9ccccc9c87)c54)CCC=C6)cc2)sc2ccccc23)cc1. The van der Waals surface area contributed by atoms with Crippen molar-refractivity contribution < 1.29 is 8.81 Å². The molecule has 254 valence electrons. The lowest BCUT2D eigenvalue weighted by atomic mass is 9.88. The zero-order valence-electron chi connectivity index (χ0n) is 28.8. The van der Waals surface area contributed by atoms with E-state index in [1.807, 2.05) is 12.1 Å². The molecule has 0 spiro atoms. The molecule has 54 heavy (non-hydrogen) atoms. The van der Waals surface area contributed by atoms with Crippen LogP contribution in [0.15, 0.2) is 144 Å². The molecule has 0 aliphatic heterocycles. The van der Waals surface area contributed by atoms with Crippen molar-refractivity contribution in [3.8, 4) is 28.2 Å². The van der Waals surface area contributed by atoms with Gasteiger partial charge in [-0.05, 0) is 89.3 Å². The van der Waals surface area contributed by atoms with E-state index in [0.717, 1.165) is 83.7 Å². The van der Waals surface area contributed by atoms with Crippen LogP contribution in [0.4, 0.5) is 4.39 Å². The number of nitrogens with zero attached hydrogens (tertiary/aromatic N) is 3. The molecule has 7 aromatic carbocycles. The van der Waals surface area contributed by atoms with Gasteiger partial charge >= 0.3 is 0 Å². The molecule has 6 heteroatoms. The van der Waals surface area contributed by atoms with Gasteiger partial charge in [0, 0.05) is 48.4 Å². The van der Waals surface area contributed by atoms with Crippen LogP contribution < -0.4 is 0 Å².